The Balaban J connectivity index is 1.82. The van der Waals surface area contributed by atoms with E-state index in [0.717, 1.165) is 16.7 Å². The molecule has 0 atom stereocenters. The van der Waals surface area contributed by atoms with Gasteiger partial charge in [0.15, 0.2) is 0 Å². The molecule has 0 aliphatic heterocycles. The molecule has 0 amide bonds. The number of rotatable bonds is 4. The second kappa shape index (κ2) is 6.46. The Kier molecular flexibility index (Phi) is 4.00. The van der Waals surface area contributed by atoms with Crippen LogP contribution in [0.25, 0.3) is 11.1 Å². The first-order chi connectivity index (χ1) is 14.0. The van der Waals surface area contributed by atoms with E-state index >= 15 is 0 Å². The van der Waals surface area contributed by atoms with Crippen molar-refractivity contribution in [3.8, 4) is 11.1 Å². The van der Waals surface area contributed by atoms with E-state index in [1.165, 1.54) is 16.4 Å². The van der Waals surface area contributed by atoms with Gasteiger partial charge >= 0.3 is 0 Å². The third kappa shape index (κ3) is 2.67. The van der Waals surface area contributed by atoms with Crippen LogP contribution in [0.2, 0.25) is 19.6 Å². The highest BCUT2D eigenvalue weighted by Crippen LogP contribution is 2.51. The normalized spacial score (nSPS) is 14.3. The summed E-state index contributed by atoms with van der Waals surface area (Å²) in [4.78, 5) is 8.72. The zero-order chi connectivity index (χ0) is 20.1. The van der Waals surface area contributed by atoms with Crippen LogP contribution in [0.1, 0.15) is 16.7 Å². The fraction of sp³-hybridized carbons (Fsp3) is 0.160. The van der Waals surface area contributed by atoms with Crippen molar-refractivity contribution in [2.75, 3.05) is 0 Å². The topological polar surface area (TPSA) is 27.1 Å². The van der Waals surface area contributed by atoms with Crippen LogP contribution in [0.4, 0.5) is 0 Å². The van der Waals surface area contributed by atoms with E-state index in [1.807, 2.05) is 12.3 Å². The summed E-state index contributed by atoms with van der Waals surface area (Å²) in [7, 11) is -1.64. The lowest BCUT2D eigenvalue weighted by Gasteiger charge is -2.34. The summed E-state index contributed by atoms with van der Waals surface area (Å²) >= 11 is 0. The fourth-order valence-electron chi connectivity index (χ4n) is 4.36. The van der Waals surface area contributed by atoms with Crippen molar-refractivity contribution in [1.29, 1.82) is 0 Å². The molecule has 1 heterocycles. The summed E-state index contributed by atoms with van der Waals surface area (Å²) in [6.07, 6.45) is 1.85. The van der Waals surface area contributed by atoms with Gasteiger partial charge in [0.05, 0.1) is 11.5 Å². The minimum atomic E-state index is -1.64. The lowest BCUT2D eigenvalue weighted by Crippen LogP contribution is -2.50. The van der Waals surface area contributed by atoms with Crippen LogP contribution in [-0.2, 0) is 5.60 Å². The highest BCUT2D eigenvalue weighted by Gasteiger charge is 2.48. The van der Waals surface area contributed by atoms with Gasteiger partial charge in [-0.1, -0.05) is 98.5 Å². The minimum Gasteiger partial charge on any atom is -0.376 e. The molecule has 0 unspecified atom stereocenters. The van der Waals surface area contributed by atoms with Gasteiger partial charge in [-0.3, -0.25) is 0 Å². The monoisotopic (exact) mass is 396 g/mol. The first kappa shape index (κ1) is 17.9. The van der Waals surface area contributed by atoms with Gasteiger partial charge in [0.25, 0.3) is 0 Å². The Morgan fingerprint density at radius 2 is 1.28 bits per heavy atom. The van der Waals surface area contributed by atoms with Gasteiger partial charge in [0.2, 0.25) is 5.60 Å². The molecule has 29 heavy (non-hydrogen) atoms. The van der Waals surface area contributed by atoms with Crippen LogP contribution in [0.3, 0.4) is 0 Å². The molecule has 0 saturated heterocycles. The van der Waals surface area contributed by atoms with Crippen molar-refractivity contribution < 1.29 is 4.84 Å². The van der Waals surface area contributed by atoms with Crippen LogP contribution < -0.4 is 10.2 Å². The standard InChI is InChI=1S/C25H24N2OSi/c1-29(2,3)24-17-18-26-27(24)28-25(19-11-5-4-6-12-19)22-15-9-7-13-20(22)21-14-8-10-16-23(21)25/h4-18H,1-3H3. The van der Waals surface area contributed by atoms with Crippen molar-refractivity contribution in [3.63, 3.8) is 0 Å². The molecule has 0 saturated carbocycles. The SMILES string of the molecule is C[Si](C)(C)c1ccnn1OC1(c2ccccc2)c2ccccc2-c2ccccc21. The Bertz CT molecular complexity index is 1130. The average molecular weight is 397 g/mol. The predicted molar refractivity (Wildman–Crippen MR) is 120 cm³/mol. The molecule has 1 aliphatic rings. The molecule has 3 aromatic carbocycles. The van der Waals surface area contributed by atoms with E-state index in [2.05, 4.69) is 104 Å². The van der Waals surface area contributed by atoms with Crippen molar-refractivity contribution in [1.82, 2.24) is 9.94 Å². The summed E-state index contributed by atoms with van der Waals surface area (Å²) in [6, 6.07) is 29.7. The highest BCUT2D eigenvalue weighted by molar-refractivity contribution is 6.88. The lowest BCUT2D eigenvalue weighted by molar-refractivity contribution is -0.0131. The van der Waals surface area contributed by atoms with Gasteiger partial charge in [-0.05, 0) is 17.2 Å². The number of fused-ring (bicyclic) bond motifs is 3. The number of aromatic nitrogens is 2. The van der Waals surface area contributed by atoms with Crippen molar-refractivity contribution in [3.05, 3.63) is 108 Å². The summed E-state index contributed by atoms with van der Waals surface area (Å²) < 4.78 is 0. The Hall–Kier alpha value is -3.11. The Morgan fingerprint density at radius 1 is 0.724 bits per heavy atom. The molecule has 3 nitrogen and oxygen atoms in total. The van der Waals surface area contributed by atoms with E-state index in [4.69, 9.17) is 4.84 Å². The third-order valence-electron chi connectivity index (χ3n) is 5.69. The summed E-state index contributed by atoms with van der Waals surface area (Å²) in [5, 5.41) is 5.77. The molecule has 4 heteroatoms. The molecule has 4 aromatic rings. The van der Waals surface area contributed by atoms with Crippen molar-refractivity contribution in [2.24, 2.45) is 0 Å². The van der Waals surface area contributed by atoms with E-state index in [9.17, 15) is 0 Å². The smallest absolute Gasteiger partial charge is 0.213 e. The van der Waals surface area contributed by atoms with Gasteiger partial charge in [-0.2, -0.15) is 0 Å². The van der Waals surface area contributed by atoms with E-state index in [-0.39, 0.29) is 0 Å². The first-order valence-electron chi connectivity index (χ1n) is 10.0. The third-order valence-corrected chi connectivity index (χ3v) is 7.58. The van der Waals surface area contributed by atoms with Crippen molar-refractivity contribution >= 4 is 13.4 Å². The molecule has 1 aliphatic carbocycles. The Labute approximate surface area is 172 Å². The maximum Gasteiger partial charge on any atom is 0.213 e. The van der Waals surface area contributed by atoms with Crippen LogP contribution in [0, 0.1) is 0 Å². The Morgan fingerprint density at radius 3 is 1.86 bits per heavy atom. The summed E-state index contributed by atoms with van der Waals surface area (Å²) in [6.45, 7) is 6.95. The van der Waals surface area contributed by atoms with Gasteiger partial charge < -0.3 is 4.84 Å². The molecule has 0 N–H and O–H groups in total. The molecule has 0 fully saturated rings. The first-order valence-corrected chi connectivity index (χ1v) is 13.5. The van der Waals surface area contributed by atoms with Crippen molar-refractivity contribution in [2.45, 2.75) is 25.2 Å². The van der Waals surface area contributed by atoms with Crippen LogP contribution in [-0.4, -0.2) is 18.0 Å². The minimum absolute atomic E-state index is 0.741. The number of hydrogen-bond donors (Lipinski definition) is 0. The molecule has 144 valence electrons. The molecular formula is C25H24N2OSi. The summed E-state index contributed by atoms with van der Waals surface area (Å²) in [5.74, 6) is 0. The zero-order valence-electron chi connectivity index (χ0n) is 17.0. The van der Waals surface area contributed by atoms with Gasteiger partial charge in [0, 0.05) is 16.7 Å². The van der Waals surface area contributed by atoms with E-state index in [0.29, 0.717) is 0 Å². The molecule has 1 aromatic heterocycles. The van der Waals surface area contributed by atoms with Crippen LogP contribution in [0.15, 0.2) is 91.1 Å². The van der Waals surface area contributed by atoms with Gasteiger partial charge in [-0.15, -0.1) is 9.94 Å². The maximum absolute atomic E-state index is 6.94. The average Bonchev–Trinajstić information content (AvgIpc) is 3.31. The second-order valence-corrected chi connectivity index (χ2v) is 13.6. The zero-order valence-corrected chi connectivity index (χ0v) is 18.0. The van der Waals surface area contributed by atoms with E-state index < -0.39 is 13.7 Å². The predicted octanol–water partition coefficient (Wildman–Crippen LogP) is 4.83. The van der Waals surface area contributed by atoms with Gasteiger partial charge in [-0.25, -0.2) is 0 Å². The number of benzene rings is 3. The molecule has 0 radical (unpaired) electrons. The lowest BCUT2D eigenvalue weighted by atomic mass is 9.84. The maximum atomic E-state index is 6.94. The second-order valence-electron chi connectivity index (χ2n) is 8.57. The molecule has 5 rings (SSSR count). The number of hydrogen-bond acceptors (Lipinski definition) is 2. The number of nitrogens with zero attached hydrogens (tertiary/aromatic N) is 2. The molecule has 0 spiro atoms. The van der Waals surface area contributed by atoms with E-state index in [1.54, 1.807) is 4.85 Å². The summed E-state index contributed by atoms with van der Waals surface area (Å²) in [5.41, 5.74) is 5.11. The fourth-order valence-corrected chi connectivity index (χ4v) is 5.61. The van der Waals surface area contributed by atoms with Gasteiger partial charge in [0.1, 0.15) is 8.07 Å². The largest absolute Gasteiger partial charge is 0.376 e. The quantitative estimate of drug-likeness (QED) is 0.462. The van der Waals surface area contributed by atoms with Crippen LogP contribution in [0.5, 0.6) is 0 Å². The van der Waals surface area contributed by atoms with Crippen LogP contribution >= 0.6 is 0 Å². The molecule has 0 bridgehead atoms. The highest BCUT2D eigenvalue weighted by atomic mass is 28.3. The molecular weight excluding hydrogens is 372 g/mol.